The molecule has 0 aliphatic heterocycles. The molecule has 2 aliphatic rings. The molecule has 1 N–H and O–H groups in total. The van der Waals surface area contributed by atoms with Crippen LogP contribution in [0.4, 0.5) is 5.95 Å². The van der Waals surface area contributed by atoms with E-state index >= 15 is 0 Å². The summed E-state index contributed by atoms with van der Waals surface area (Å²) in [6.07, 6.45) is 11.8. The van der Waals surface area contributed by atoms with Crippen molar-refractivity contribution in [3.8, 4) is 0 Å². The minimum atomic E-state index is 0.694. The average molecular weight is 233 g/mol. The maximum Gasteiger partial charge on any atom is 0.203 e. The number of aryl methyl sites for hydroxylation is 1. The summed E-state index contributed by atoms with van der Waals surface area (Å²) in [6, 6.07) is 0.694. The van der Waals surface area contributed by atoms with Gasteiger partial charge in [-0.05, 0) is 32.1 Å². The largest absolute Gasteiger partial charge is 0.356 e. The molecule has 2 aliphatic carbocycles. The molecule has 94 valence electrons. The minimum Gasteiger partial charge on any atom is -0.356 e. The Hall–Kier alpha value is -0.990. The van der Waals surface area contributed by atoms with Crippen LogP contribution in [0.2, 0.25) is 0 Å². The van der Waals surface area contributed by atoms with E-state index in [-0.39, 0.29) is 0 Å². The standard InChI is InChI=1S/C14H23N3/c1-11-10-17(13-4-2-3-5-13)14(16-11)15-9-8-12-6-7-12/h10,12-13H,2-9H2,1H3,(H,15,16). The van der Waals surface area contributed by atoms with Crippen molar-refractivity contribution in [1.82, 2.24) is 9.55 Å². The van der Waals surface area contributed by atoms with Gasteiger partial charge >= 0.3 is 0 Å². The normalized spacial score (nSPS) is 21.0. The predicted octanol–water partition coefficient (Wildman–Crippen LogP) is 3.52. The van der Waals surface area contributed by atoms with E-state index in [0.29, 0.717) is 6.04 Å². The average Bonchev–Trinajstić information content (AvgIpc) is 2.84. The zero-order chi connectivity index (χ0) is 11.7. The van der Waals surface area contributed by atoms with E-state index in [0.717, 1.165) is 24.1 Å². The third-order valence-electron chi connectivity index (χ3n) is 4.10. The van der Waals surface area contributed by atoms with Gasteiger partial charge in [0.05, 0.1) is 5.69 Å². The monoisotopic (exact) mass is 233 g/mol. The summed E-state index contributed by atoms with van der Waals surface area (Å²) in [5, 5.41) is 3.53. The Morgan fingerprint density at radius 3 is 2.76 bits per heavy atom. The number of nitrogens with one attached hydrogen (secondary N) is 1. The summed E-state index contributed by atoms with van der Waals surface area (Å²) in [6.45, 7) is 3.19. The van der Waals surface area contributed by atoms with Crippen LogP contribution in [0.15, 0.2) is 6.20 Å². The van der Waals surface area contributed by atoms with Crippen molar-refractivity contribution in [2.45, 2.75) is 57.9 Å². The Morgan fingerprint density at radius 1 is 1.29 bits per heavy atom. The van der Waals surface area contributed by atoms with Gasteiger partial charge in [-0.1, -0.05) is 25.7 Å². The Balaban J connectivity index is 1.63. The number of imidazole rings is 1. The van der Waals surface area contributed by atoms with E-state index in [1.54, 1.807) is 0 Å². The number of rotatable bonds is 5. The number of nitrogens with zero attached hydrogens (tertiary/aromatic N) is 2. The fourth-order valence-corrected chi connectivity index (χ4v) is 2.90. The highest BCUT2D eigenvalue weighted by Crippen LogP contribution is 2.33. The second-order valence-electron chi connectivity index (χ2n) is 5.71. The van der Waals surface area contributed by atoms with Crippen molar-refractivity contribution in [3.63, 3.8) is 0 Å². The van der Waals surface area contributed by atoms with E-state index in [2.05, 4.69) is 28.0 Å². The molecule has 0 unspecified atom stereocenters. The lowest BCUT2D eigenvalue weighted by atomic mass is 10.2. The summed E-state index contributed by atoms with van der Waals surface area (Å²) >= 11 is 0. The zero-order valence-electron chi connectivity index (χ0n) is 10.8. The molecular formula is C14H23N3. The molecule has 0 radical (unpaired) electrons. The van der Waals surface area contributed by atoms with Crippen LogP contribution in [-0.2, 0) is 0 Å². The second kappa shape index (κ2) is 4.71. The second-order valence-corrected chi connectivity index (χ2v) is 5.71. The molecule has 1 aromatic heterocycles. The van der Waals surface area contributed by atoms with Gasteiger partial charge in [-0.2, -0.15) is 0 Å². The lowest BCUT2D eigenvalue weighted by Crippen LogP contribution is -2.12. The van der Waals surface area contributed by atoms with Crippen LogP contribution >= 0.6 is 0 Å². The van der Waals surface area contributed by atoms with Crippen molar-refractivity contribution in [2.24, 2.45) is 5.92 Å². The molecule has 3 nitrogen and oxygen atoms in total. The summed E-state index contributed by atoms with van der Waals surface area (Å²) < 4.78 is 2.38. The van der Waals surface area contributed by atoms with Gasteiger partial charge in [0.25, 0.3) is 0 Å². The molecule has 0 bridgehead atoms. The third kappa shape index (κ3) is 2.64. The van der Waals surface area contributed by atoms with Gasteiger partial charge < -0.3 is 9.88 Å². The highest BCUT2D eigenvalue weighted by Gasteiger charge is 2.22. The Morgan fingerprint density at radius 2 is 2.06 bits per heavy atom. The molecule has 17 heavy (non-hydrogen) atoms. The molecule has 1 aromatic rings. The maximum atomic E-state index is 4.62. The summed E-state index contributed by atoms with van der Waals surface area (Å²) in [5.74, 6) is 2.11. The summed E-state index contributed by atoms with van der Waals surface area (Å²) in [5.41, 5.74) is 1.14. The van der Waals surface area contributed by atoms with Crippen LogP contribution in [0.1, 0.15) is 56.7 Å². The third-order valence-corrected chi connectivity index (χ3v) is 4.10. The highest BCUT2D eigenvalue weighted by molar-refractivity contribution is 5.29. The number of hydrogen-bond acceptors (Lipinski definition) is 2. The van der Waals surface area contributed by atoms with Gasteiger partial charge in [0.1, 0.15) is 0 Å². The molecule has 2 saturated carbocycles. The molecule has 0 spiro atoms. The first-order chi connectivity index (χ1) is 8.33. The van der Waals surface area contributed by atoms with Gasteiger partial charge in [0.15, 0.2) is 0 Å². The molecule has 0 amide bonds. The van der Waals surface area contributed by atoms with Crippen LogP contribution < -0.4 is 5.32 Å². The molecular weight excluding hydrogens is 210 g/mol. The van der Waals surface area contributed by atoms with Crippen molar-refractivity contribution in [3.05, 3.63) is 11.9 Å². The predicted molar refractivity (Wildman–Crippen MR) is 70.3 cm³/mol. The molecule has 2 fully saturated rings. The number of hydrogen-bond donors (Lipinski definition) is 1. The van der Waals surface area contributed by atoms with Crippen LogP contribution in [0, 0.1) is 12.8 Å². The van der Waals surface area contributed by atoms with Crippen molar-refractivity contribution in [1.29, 1.82) is 0 Å². The SMILES string of the molecule is Cc1cn(C2CCCC2)c(NCCC2CC2)n1. The van der Waals surface area contributed by atoms with E-state index < -0.39 is 0 Å². The van der Waals surface area contributed by atoms with E-state index in [4.69, 9.17) is 0 Å². The lowest BCUT2D eigenvalue weighted by molar-refractivity contribution is 0.522. The molecule has 0 atom stereocenters. The van der Waals surface area contributed by atoms with Crippen LogP contribution in [-0.4, -0.2) is 16.1 Å². The topological polar surface area (TPSA) is 29.9 Å². The van der Waals surface area contributed by atoms with Crippen LogP contribution in [0.25, 0.3) is 0 Å². The first-order valence-electron chi connectivity index (χ1n) is 7.12. The quantitative estimate of drug-likeness (QED) is 0.843. The van der Waals surface area contributed by atoms with Gasteiger partial charge in [0, 0.05) is 18.8 Å². The van der Waals surface area contributed by atoms with Gasteiger partial charge in [-0.25, -0.2) is 4.98 Å². The zero-order valence-corrected chi connectivity index (χ0v) is 10.8. The van der Waals surface area contributed by atoms with Crippen LogP contribution in [0.5, 0.6) is 0 Å². The Kier molecular flexibility index (Phi) is 3.08. The van der Waals surface area contributed by atoms with Gasteiger partial charge in [0.2, 0.25) is 5.95 Å². The number of anilines is 1. The van der Waals surface area contributed by atoms with E-state index in [9.17, 15) is 0 Å². The fraction of sp³-hybridized carbons (Fsp3) is 0.786. The van der Waals surface area contributed by atoms with Crippen molar-refractivity contribution in [2.75, 3.05) is 11.9 Å². The fourth-order valence-electron chi connectivity index (χ4n) is 2.90. The van der Waals surface area contributed by atoms with E-state index in [1.807, 2.05) is 0 Å². The lowest BCUT2D eigenvalue weighted by Gasteiger charge is -2.15. The highest BCUT2D eigenvalue weighted by atomic mass is 15.2. The Labute approximate surface area is 104 Å². The molecule has 0 saturated heterocycles. The van der Waals surface area contributed by atoms with E-state index in [1.165, 1.54) is 44.9 Å². The minimum absolute atomic E-state index is 0.694. The van der Waals surface area contributed by atoms with Gasteiger partial charge in [-0.3, -0.25) is 0 Å². The molecule has 0 aromatic carbocycles. The summed E-state index contributed by atoms with van der Waals surface area (Å²) in [7, 11) is 0. The maximum absolute atomic E-state index is 4.62. The number of aromatic nitrogens is 2. The van der Waals surface area contributed by atoms with Crippen molar-refractivity contribution >= 4 is 5.95 Å². The first-order valence-corrected chi connectivity index (χ1v) is 7.12. The smallest absolute Gasteiger partial charge is 0.203 e. The first kappa shape index (κ1) is 11.1. The summed E-state index contributed by atoms with van der Waals surface area (Å²) in [4.78, 5) is 4.62. The molecule has 1 heterocycles. The molecule has 3 rings (SSSR count). The molecule has 3 heteroatoms. The Bertz CT molecular complexity index is 373. The van der Waals surface area contributed by atoms with Crippen LogP contribution in [0.3, 0.4) is 0 Å². The van der Waals surface area contributed by atoms with Crippen molar-refractivity contribution < 1.29 is 0 Å². The van der Waals surface area contributed by atoms with Gasteiger partial charge in [-0.15, -0.1) is 0 Å².